The van der Waals surface area contributed by atoms with Crippen molar-refractivity contribution >= 4 is 17.1 Å². The van der Waals surface area contributed by atoms with Gasteiger partial charge in [0, 0.05) is 5.92 Å². The first-order valence-corrected chi connectivity index (χ1v) is 6.28. The molecule has 1 saturated carbocycles. The Kier molecular flexibility index (Phi) is 2.17. The molecule has 2 aliphatic rings. The highest BCUT2D eigenvalue weighted by Crippen LogP contribution is 2.43. The van der Waals surface area contributed by atoms with Crippen molar-refractivity contribution in [3.8, 4) is 0 Å². The van der Waals surface area contributed by atoms with Crippen molar-refractivity contribution in [2.24, 2.45) is 0 Å². The molecule has 98 valence electrons. The maximum atomic E-state index is 12.0. The Morgan fingerprint density at radius 3 is 2.89 bits per heavy atom. The van der Waals surface area contributed by atoms with E-state index in [-0.39, 0.29) is 12.1 Å². The summed E-state index contributed by atoms with van der Waals surface area (Å²) in [6.45, 7) is 0.628. The lowest BCUT2D eigenvalue weighted by molar-refractivity contribution is 0.0602. The molecule has 1 atom stereocenters. The van der Waals surface area contributed by atoms with Crippen LogP contribution < -0.4 is 0 Å². The van der Waals surface area contributed by atoms with Crippen molar-refractivity contribution in [2.75, 3.05) is 13.7 Å². The lowest BCUT2D eigenvalue weighted by Gasteiger charge is -2.03. The molecule has 1 unspecified atom stereocenters. The van der Waals surface area contributed by atoms with E-state index in [4.69, 9.17) is 14.0 Å². The van der Waals surface area contributed by atoms with E-state index in [0.717, 1.165) is 18.5 Å². The van der Waals surface area contributed by atoms with E-state index in [9.17, 15) is 4.79 Å². The fourth-order valence-corrected chi connectivity index (χ4v) is 2.28. The molecule has 6 heteroatoms. The summed E-state index contributed by atoms with van der Waals surface area (Å²) >= 11 is 0. The molecule has 1 aliphatic carbocycles. The van der Waals surface area contributed by atoms with Crippen LogP contribution in [-0.2, 0) is 9.47 Å². The largest absolute Gasteiger partial charge is 0.465 e. The first-order chi connectivity index (χ1) is 9.28. The second kappa shape index (κ2) is 3.77. The molecular formula is C13H12N2O4. The van der Waals surface area contributed by atoms with Gasteiger partial charge < -0.3 is 14.0 Å². The summed E-state index contributed by atoms with van der Waals surface area (Å²) in [6.07, 6.45) is 2.12. The molecule has 19 heavy (non-hydrogen) atoms. The lowest BCUT2D eigenvalue weighted by Crippen LogP contribution is -2.05. The molecule has 4 rings (SSSR count). The highest BCUT2D eigenvalue weighted by molar-refractivity contribution is 6.03. The third-order valence-electron chi connectivity index (χ3n) is 3.53. The Bertz CT molecular complexity index is 671. The van der Waals surface area contributed by atoms with Crippen LogP contribution in [0, 0.1) is 0 Å². The summed E-state index contributed by atoms with van der Waals surface area (Å²) in [4.78, 5) is 16.3. The zero-order valence-electron chi connectivity index (χ0n) is 10.4. The number of hydrogen-bond acceptors (Lipinski definition) is 6. The predicted molar refractivity (Wildman–Crippen MR) is 63.8 cm³/mol. The Labute approximate surface area is 108 Å². The van der Waals surface area contributed by atoms with Gasteiger partial charge in [0.05, 0.1) is 36.1 Å². The van der Waals surface area contributed by atoms with Crippen LogP contribution in [-0.4, -0.2) is 29.8 Å². The molecule has 2 aromatic rings. The molecule has 0 bridgehead atoms. The summed E-state index contributed by atoms with van der Waals surface area (Å²) in [5, 5.41) is 4.76. The van der Waals surface area contributed by atoms with Crippen LogP contribution in [0.15, 0.2) is 10.6 Å². The molecular weight excluding hydrogens is 248 g/mol. The second-order valence-electron chi connectivity index (χ2n) is 4.93. The first-order valence-electron chi connectivity index (χ1n) is 6.28. The molecule has 0 spiro atoms. The van der Waals surface area contributed by atoms with Crippen molar-refractivity contribution in [1.82, 2.24) is 10.1 Å². The van der Waals surface area contributed by atoms with Gasteiger partial charge in [-0.15, -0.1) is 0 Å². The Morgan fingerprint density at radius 2 is 2.26 bits per heavy atom. The van der Waals surface area contributed by atoms with Gasteiger partial charge in [-0.1, -0.05) is 5.16 Å². The van der Waals surface area contributed by atoms with Gasteiger partial charge in [-0.2, -0.15) is 0 Å². The molecule has 1 aliphatic heterocycles. The van der Waals surface area contributed by atoms with E-state index >= 15 is 0 Å². The molecule has 6 nitrogen and oxygen atoms in total. The average Bonchev–Trinajstić information content (AvgIpc) is 3.33. The van der Waals surface area contributed by atoms with Crippen LogP contribution >= 0.6 is 0 Å². The normalized spacial score (nSPS) is 21.6. The second-order valence-corrected chi connectivity index (χ2v) is 4.93. The fraction of sp³-hybridized carbons (Fsp3) is 0.462. The van der Waals surface area contributed by atoms with E-state index in [0.29, 0.717) is 34.9 Å². The zero-order valence-corrected chi connectivity index (χ0v) is 10.4. The highest BCUT2D eigenvalue weighted by Gasteiger charge is 2.34. The number of carbonyl (C=O) groups excluding carboxylic acids is 1. The van der Waals surface area contributed by atoms with Crippen LogP contribution in [0.25, 0.3) is 11.1 Å². The van der Waals surface area contributed by atoms with Gasteiger partial charge in [-0.25, -0.2) is 9.78 Å². The average molecular weight is 260 g/mol. The van der Waals surface area contributed by atoms with E-state index < -0.39 is 0 Å². The van der Waals surface area contributed by atoms with Crippen LogP contribution in [0.3, 0.4) is 0 Å². The van der Waals surface area contributed by atoms with Gasteiger partial charge in [0.15, 0.2) is 0 Å². The Hall–Kier alpha value is -1.95. The third kappa shape index (κ3) is 1.71. The maximum absolute atomic E-state index is 12.0. The van der Waals surface area contributed by atoms with Crippen LogP contribution in [0.4, 0.5) is 0 Å². The van der Waals surface area contributed by atoms with Crippen LogP contribution in [0.1, 0.15) is 46.6 Å². The van der Waals surface area contributed by atoms with Gasteiger partial charge in [-0.3, -0.25) is 0 Å². The topological polar surface area (TPSA) is 77.8 Å². The smallest absolute Gasteiger partial charge is 0.338 e. The standard InChI is InChI=1S/C13H12N2O4/c1-17-13(16)7-4-8(9-5-18-9)14-12-10(7)11(15-19-12)6-2-3-6/h4,6,9H,2-3,5H2,1H3. The van der Waals surface area contributed by atoms with Gasteiger partial charge in [0.1, 0.15) is 6.10 Å². The molecule has 2 aromatic heterocycles. The van der Waals surface area contributed by atoms with Crippen LogP contribution in [0.5, 0.6) is 0 Å². The molecule has 1 saturated heterocycles. The number of methoxy groups -OCH3 is 1. The summed E-state index contributed by atoms with van der Waals surface area (Å²) < 4.78 is 15.3. The number of fused-ring (bicyclic) bond motifs is 1. The van der Waals surface area contributed by atoms with E-state index in [1.54, 1.807) is 6.07 Å². The quantitative estimate of drug-likeness (QED) is 0.620. The fourth-order valence-electron chi connectivity index (χ4n) is 2.28. The summed E-state index contributed by atoms with van der Waals surface area (Å²) in [5.74, 6) is -0.00567. The van der Waals surface area contributed by atoms with E-state index in [1.165, 1.54) is 7.11 Å². The predicted octanol–water partition coefficient (Wildman–Crippen LogP) is 1.96. The highest BCUT2D eigenvalue weighted by atomic mass is 16.6. The minimum atomic E-state index is -0.389. The van der Waals surface area contributed by atoms with E-state index in [1.807, 2.05) is 0 Å². The molecule has 0 amide bonds. The van der Waals surface area contributed by atoms with E-state index in [2.05, 4.69) is 10.1 Å². The summed E-state index contributed by atoms with van der Waals surface area (Å²) in [5.41, 5.74) is 2.40. The molecule has 0 N–H and O–H groups in total. The van der Waals surface area contributed by atoms with Gasteiger partial charge in [0.2, 0.25) is 0 Å². The van der Waals surface area contributed by atoms with Crippen molar-refractivity contribution in [1.29, 1.82) is 0 Å². The Balaban J connectivity index is 1.95. The number of aromatic nitrogens is 2. The lowest BCUT2D eigenvalue weighted by atomic mass is 10.1. The SMILES string of the molecule is COC(=O)c1cc(C2CO2)nc2onc(C3CC3)c12. The monoisotopic (exact) mass is 260 g/mol. The third-order valence-corrected chi connectivity index (χ3v) is 3.53. The molecule has 3 heterocycles. The zero-order chi connectivity index (χ0) is 13.0. The van der Waals surface area contributed by atoms with Crippen molar-refractivity contribution in [3.05, 3.63) is 23.0 Å². The number of carbonyl (C=O) groups is 1. The van der Waals surface area contributed by atoms with Crippen molar-refractivity contribution < 1.29 is 18.8 Å². The number of rotatable bonds is 3. The minimum absolute atomic E-state index is 0.0396. The first kappa shape index (κ1) is 10.9. The number of ether oxygens (including phenoxy) is 2. The number of pyridine rings is 1. The maximum Gasteiger partial charge on any atom is 0.338 e. The molecule has 0 radical (unpaired) electrons. The molecule has 0 aromatic carbocycles. The minimum Gasteiger partial charge on any atom is -0.465 e. The van der Waals surface area contributed by atoms with Crippen LogP contribution in [0.2, 0.25) is 0 Å². The Morgan fingerprint density at radius 1 is 1.47 bits per heavy atom. The number of esters is 1. The number of nitrogens with zero attached hydrogens (tertiary/aromatic N) is 2. The van der Waals surface area contributed by atoms with Gasteiger partial charge >= 0.3 is 5.97 Å². The van der Waals surface area contributed by atoms with Gasteiger partial charge in [0.25, 0.3) is 5.71 Å². The summed E-state index contributed by atoms with van der Waals surface area (Å²) in [7, 11) is 1.37. The number of epoxide rings is 1. The summed E-state index contributed by atoms with van der Waals surface area (Å²) in [6, 6.07) is 1.73. The van der Waals surface area contributed by atoms with Crippen molar-refractivity contribution in [3.63, 3.8) is 0 Å². The van der Waals surface area contributed by atoms with Crippen molar-refractivity contribution in [2.45, 2.75) is 24.9 Å². The van der Waals surface area contributed by atoms with Gasteiger partial charge in [-0.05, 0) is 18.9 Å². The number of hydrogen-bond donors (Lipinski definition) is 0. The molecule has 2 fully saturated rings.